The topological polar surface area (TPSA) is 16.4 Å². The second kappa shape index (κ2) is 11.8. The van der Waals surface area contributed by atoms with Crippen LogP contribution < -0.4 is 4.90 Å². The first-order valence-electron chi connectivity index (χ1n) is 20.1. The highest BCUT2D eigenvalue weighted by molar-refractivity contribution is 6.11. The van der Waals surface area contributed by atoms with E-state index in [2.05, 4.69) is 201 Å². The lowest BCUT2D eigenvalue weighted by atomic mass is 9.79. The molecule has 0 unspecified atom stereocenters. The van der Waals surface area contributed by atoms with Gasteiger partial charge in [0.05, 0.1) is 5.69 Å². The zero-order valence-corrected chi connectivity index (χ0v) is 34.1. The van der Waals surface area contributed by atoms with Crippen molar-refractivity contribution in [2.75, 3.05) is 4.90 Å². The molecule has 0 atom stereocenters. The summed E-state index contributed by atoms with van der Waals surface area (Å²) >= 11 is 0. The van der Waals surface area contributed by atoms with Crippen molar-refractivity contribution >= 4 is 39.0 Å². The van der Waals surface area contributed by atoms with Gasteiger partial charge in [-0.3, -0.25) is 0 Å². The molecule has 0 aliphatic heterocycles. The van der Waals surface area contributed by atoms with Crippen molar-refractivity contribution in [2.45, 2.75) is 78.6 Å². The Morgan fingerprint density at radius 3 is 1.70 bits per heavy atom. The first-order valence-corrected chi connectivity index (χ1v) is 20.1. The maximum absolute atomic E-state index is 6.82. The summed E-state index contributed by atoms with van der Waals surface area (Å²) in [5.41, 5.74) is 21.9. The van der Waals surface area contributed by atoms with Crippen molar-refractivity contribution < 1.29 is 4.42 Å². The van der Waals surface area contributed by atoms with Crippen LogP contribution in [0.5, 0.6) is 0 Å². The van der Waals surface area contributed by atoms with Crippen LogP contribution in [0.2, 0.25) is 0 Å². The third-order valence-corrected chi connectivity index (χ3v) is 13.0. The lowest BCUT2D eigenvalue weighted by Crippen LogP contribution is -2.19. The monoisotopic (exact) mass is 727 g/mol. The van der Waals surface area contributed by atoms with Crippen molar-refractivity contribution in [2.24, 2.45) is 0 Å². The summed E-state index contributed by atoms with van der Waals surface area (Å²) in [6.45, 7) is 20.8. The average Bonchev–Trinajstić information content (AvgIpc) is 3.76. The van der Waals surface area contributed by atoms with Crippen molar-refractivity contribution in [1.29, 1.82) is 0 Å². The molecule has 10 rings (SSSR count). The van der Waals surface area contributed by atoms with Gasteiger partial charge in [-0.1, -0.05) is 151 Å². The standard InChI is InChI=1S/C54H49NO/c1-32-20-27-49(44(28-32)43-18-13-17-42-41-16-12-14-33(2)50(41)56-51(42)43)55(35-22-25-39-37-15-10-11-19-45(37)53(6,7)47(39)30-35)36-23-26-40-38-24-21-34(52(3,4)5)29-46(38)54(8,9)48(40)31-36/h10-31H,1-9H3. The fraction of sp³-hybridized carbons (Fsp3) is 0.222. The Morgan fingerprint density at radius 1 is 0.464 bits per heavy atom. The van der Waals surface area contributed by atoms with Crippen LogP contribution in [-0.2, 0) is 16.2 Å². The number of anilines is 3. The molecule has 0 radical (unpaired) electrons. The number of furan rings is 1. The Labute approximate surface area is 331 Å². The Hall–Kier alpha value is -5.86. The molecule has 7 aromatic carbocycles. The number of fused-ring (bicyclic) bond motifs is 9. The van der Waals surface area contributed by atoms with Crippen LogP contribution in [0.15, 0.2) is 138 Å². The maximum Gasteiger partial charge on any atom is 0.143 e. The van der Waals surface area contributed by atoms with Gasteiger partial charge in [0.15, 0.2) is 0 Å². The molecule has 1 heterocycles. The van der Waals surface area contributed by atoms with Gasteiger partial charge in [-0.25, -0.2) is 0 Å². The van der Waals surface area contributed by atoms with Crippen LogP contribution in [-0.4, -0.2) is 0 Å². The van der Waals surface area contributed by atoms with Gasteiger partial charge in [0.1, 0.15) is 11.2 Å². The maximum atomic E-state index is 6.82. The molecule has 0 saturated carbocycles. The number of nitrogens with zero attached hydrogens (tertiary/aromatic N) is 1. The molecule has 276 valence electrons. The molecule has 0 spiro atoms. The fourth-order valence-electron chi connectivity index (χ4n) is 9.82. The van der Waals surface area contributed by atoms with Crippen molar-refractivity contribution in [3.8, 4) is 33.4 Å². The molecule has 2 nitrogen and oxygen atoms in total. The Balaban J connectivity index is 1.22. The SMILES string of the molecule is Cc1ccc(N(c2ccc3c(c2)C(C)(C)c2ccccc2-3)c2ccc3c(c2)C(C)(C)c2cc(C(C)(C)C)ccc2-3)c(-c2cccc3c2oc2c(C)cccc23)c1. The van der Waals surface area contributed by atoms with Gasteiger partial charge >= 0.3 is 0 Å². The Morgan fingerprint density at radius 2 is 1.02 bits per heavy atom. The van der Waals surface area contributed by atoms with E-state index in [-0.39, 0.29) is 16.2 Å². The summed E-state index contributed by atoms with van der Waals surface area (Å²) in [6, 6.07) is 50.3. The Bertz CT molecular complexity index is 2930. The Kier molecular flexibility index (Phi) is 7.31. The summed E-state index contributed by atoms with van der Waals surface area (Å²) < 4.78 is 6.82. The molecule has 2 aliphatic rings. The van der Waals surface area contributed by atoms with Gasteiger partial charge in [0, 0.05) is 44.1 Å². The van der Waals surface area contributed by atoms with E-state index in [1.165, 1.54) is 55.6 Å². The zero-order chi connectivity index (χ0) is 38.9. The number of para-hydroxylation sites is 2. The van der Waals surface area contributed by atoms with Gasteiger partial charge in [-0.05, 0) is 111 Å². The van der Waals surface area contributed by atoms with E-state index in [4.69, 9.17) is 4.42 Å². The highest BCUT2D eigenvalue weighted by Gasteiger charge is 2.38. The van der Waals surface area contributed by atoms with E-state index in [0.29, 0.717) is 0 Å². The third-order valence-electron chi connectivity index (χ3n) is 13.0. The van der Waals surface area contributed by atoms with E-state index < -0.39 is 0 Å². The molecule has 0 amide bonds. The van der Waals surface area contributed by atoms with Gasteiger partial charge in [-0.2, -0.15) is 0 Å². The van der Waals surface area contributed by atoms with Gasteiger partial charge in [0.2, 0.25) is 0 Å². The minimum atomic E-state index is -0.164. The largest absolute Gasteiger partial charge is 0.455 e. The summed E-state index contributed by atoms with van der Waals surface area (Å²) in [5, 5.41) is 2.30. The first-order chi connectivity index (χ1) is 26.7. The molecular formula is C54H49NO. The molecule has 2 aliphatic carbocycles. The zero-order valence-electron chi connectivity index (χ0n) is 34.1. The summed E-state index contributed by atoms with van der Waals surface area (Å²) in [7, 11) is 0. The van der Waals surface area contributed by atoms with Crippen molar-refractivity contribution in [1.82, 2.24) is 0 Å². The second-order valence-corrected chi connectivity index (χ2v) is 18.4. The lowest BCUT2D eigenvalue weighted by molar-refractivity contribution is 0.584. The van der Waals surface area contributed by atoms with Crippen LogP contribution in [0.3, 0.4) is 0 Å². The molecule has 0 N–H and O–H groups in total. The molecule has 0 bridgehead atoms. The molecule has 2 heteroatoms. The van der Waals surface area contributed by atoms with E-state index in [1.807, 2.05) is 0 Å². The smallest absolute Gasteiger partial charge is 0.143 e. The van der Waals surface area contributed by atoms with Crippen LogP contribution in [0.1, 0.15) is 87.4 Å². The molecular weight excluding hydrogens is 679 g/mol. The predicted octanol–water partition coefficient (Wildman–Crippen LogP) is 15.2. The van der Waals surface area contributed by atoms with Crippen LogP contribution in [0, 0.1) is 13.8 Å². The van der Waals surface area contributed by atoms with Crippen molar-refractivity contribution in [3.63, 3.8) is 0 Å². The van der Waals surface area contributed by atoms with E-state index in [9.17, 15) is 0 Å². The fourth-order valence-corrected chi connectivity index (χ4v) is 9.82. The van der Waals surface area contributed by atoms with Gasteiger partial charge < -0.3 is 9.32 Å². The van der Waals surface area contributed by atoms with E-state index in [1.54, 1.807) is 0 Å². The number of benzene rings is 7. The van der Waals surface area contributed by atoms with Crippen LogP contribution >= 0.6 is 0 Å². The quantitative estimate of drug-likeness (QED) is 0.179. The second-order valence-electron chi connectivity index (χ2n) is 18.4. The number of hydrogen-bond donors (Lipinski definition) is 0. The molecule has 0 fully saturated rings. The predicted molar refractivity (Wildman–Crippen MR) is 237 cm³/mol. The molecule has 8 aromatic rings. The number of rotatable bonds is 4. The van der Waals surface area contributed by atoms with E-state index >= 15 is 0 Å². The normalized spacial score (nSPS) is 14.8. The van der Waals surface area contributed by atoms with E-state index in [0.717, 1.165) is 55.7 Å². The number of aryl methyl sites for hydroxylation is 2. The summed E-state index contributed by atoms with van der Waals surface area (Å²) in [5.74, 6) is 0. The lowest BCUT2D eigenvalue weighted by Gasteiger charge is -2.31. The van der Waals surface area contributed by atoms with Crippen LogP contribution in [0.25, 0.3) is 55.3 Å². The van der Waals surface area contributed by atoms with Crippen molar-refractivity contribution in [3.05, 3.63) is 172 Å². The molecule has 1 aromatic heterocycles. The molecule has 56 heavy (non-hydrogen) atoms. The third kappa shape index (κ3) is 4.94. The average molecular weight is 728 g/mol. The number of hydrogen-bond acceptors (Lipinski definition) is 2. The minimum absolute atomic E-state index is 0.0755. The summed E-state index contributed by atoms with van der Waals surface area (Å²) in [6.07, 6.45) is 0. The van der Waals surface area contributed by atoms with Gasteiger partial charge in [-0.15, -0.1) is 0 Å². The van der Waals surface area contributed by atoms with Crippen LogP contribution in [0.4, 0.5) is 17.1 Å². The highest BCUT2D eigenvalue weighted by Crippen LogP contribution is 2.54. The van der Waals surface area contributed by atoms with Gasteiger partial charge in [0.25, 0.3) is 0 Å². The minimum Gasteiger partial charge on any atom is -0.455 e. The first kappa shape index (κ1) is 34.6. The highest BCUT2D eigenvalue weighted by atomic mass is 16.3. The summed E-state index contributed by atoms with van der Waals surface area (Å²) in [4.78, 5) is 2.50. The molecule has 0 saturated heterocycles.